The van der Waals surface area contributed by atoms with Gasteiger partial charge in [0.15, 0.2) is 5.17 Å². The zero-order valence-electron chi connectivity index (χ0n) is 9.64. The average molecular weight is 262 g/mol. The molecule has 0 bridgehead atoms. The van der Waals surface area contributed by atoms with E-state index in [0.29, 0.717) is 5.25 Å². The van der Waals surface area contributed by atoms with Gasteiger partial charge >= 0.3 is 0 Å². The summed E-state index contributed by atoms with van der Waals surface area (Å²) >= 11 is 3.63. The Kier molecular flexibility index (Phi) is 3.07. The van der Waals surface area contributed by atoms with Crippen molar-refractivity contribution in [3.8, 4) is 0 Å². The van der Waals surface area contributed by atoms with E-state index in [1.165, 1.54) is 16.5 Å². The molecule has 4 heteroatoms. The van der Waals surface area contributed by atoms with Gasteiger partial charge < -0.3 is 5.32 Å². The predicted octanol–water partition coefficient (Wildman–Crippen LogP) is 4.19. The van der Waals surface area contributed by atoms with Crippen molar-refractivity contribution in [1.82, 2.24) is 0 Å². The fourth-order valence-corrected chi connectivity index (χ4v) is 3.59. The third kappa shape index (κ3) is 2.33. The van der Waals surface area contributed by atoms with Gasteiger partial charge in [0.2, 0.25) is 0 Å². The van der Waals surface area contributed by atoms with Crippen LogP contribution in [0.5, 0.6) is 0 Å². The van der Waals surface area contributed by atoms with E-state index in [-0.39, 0.29) is 0 Å². The Labute approximate surface area is 109 Å². The number of thiophene rings is 1. The number of aliphatic imine (C=N–C) groups is 1. The van der Waals surface area contributed by atoms with Crippen molar-refractivity contribution in [2.24, 2.45) is 4.99 Å². The number of hydrogen-bond donors (Lipinski definition) is 1. The lowest BCUT2D eigenvalue weighted by Gasteiger charge is -2.07. The molecule has 0 radical (unpaired) electrons. The number of rotatable bonds is 2. The van der Waals surface area contributed by atoms with Crippen LogP contribution in [0.3, 0.4) is 0 Å². The van der Waals surface area contributed by atoms with Crippen molar-refractivity contribution in [2.75, 3.05) is 11.9 Å². The molecule has 2 heterocycles. The lowest BCUT2D eigenvalue weighted by molar-refractivity contribution is 0.844. The zero-order valence-corrected chi connectivity index (χ0v) is 11.3. The number of hydrogen-bond acceptors (Lipinski definition) is 4. The fraction of sp³-hybridized carbons (Fsp3) is 0.308. The van der Waals surface area contributed by atoms with Crippen molar-refractivity contribution in [2.45, 2.75) is 18.6 Å². The normalized spacial score (nSPS) is 19.6. The summed E-state index contributed by atoms with van der Waals surface area (Å²) < 4.78 is 1.34. The largest absolute Gasteiger partial charge is 0.335 e. The van der Waals surface area contributed by atoms with Gasteiger partial charge in [0.1, 0.15) is 0 Å². The third-order valence-corrected chi connectivity index (χ3v) is 5.04. The Morgan fingerprint density at radius 1 is 1.41 bits per heavy atom. The second kappa shape index (κ2) is 4.70. The minimum Gasteiger partial charge on any atom is -0.335 e. The number of amidine groups is 1. The highest BCUT2D eigenvalue weighted by Gasteiger charge is 2.17. The molecule has 2 aromatic rings. The van der Waals surface area contributed by atoms with Crippen LogP contribution in [0.4, 0.5) is 5.69 Å². The van der Waals surface area contributed by atoms with E-state index in [2.05, 4.69) is 46.9 Å². The van der Waals surface area contributed by atoms with Crippen LogP contribution in [0.25, 0.3) is 10.1 Å². The van der Waals surface area contributed by atoms with Crippen LogP contribution in [0, 0.1) is 0 Å². The Bertz CT molecular complexity index is 559. The van der Waals surface area contributed by atoms with E-state index in [1.54, 1.807) is 11.3 Å². The van der Waals surface area contributed by atoms with Crippen molar-refractivity contribution >= 4 is 44.0 Å². The van der Waals surface area contributed by atoms with Crippen LogP contribution in [-0.4, -0.2) is 17.0 Å². The first-order chi connectivity index (χ1) is 8.35. The highest BCUT2D eigenvalue weighted by atomic mass is 32.2. The van der Waals surface area contributed by atoms with E-state index in [0.717, 1.165) is 17.4 Å². The van der Waals surface area contributed by atoms with Crippen LogP contribution in [0.2, 0.25) is 0 Å². The Hall–Kier alpha value is -1.00. The molecular formula is C13H14N2S2. The van der Waals surface area contributed by atoms with Crippen LogP contribution < -0.4 is 5.32 Å². The molecule has 1 unspecified atom stereocenters. The van der Waals surface area contributed by atoms with Gasteiger partial charge in [-0.15, -0.1) is 11.3 Å². The molecule has 0 aliphatic carbocycles. The van der Waals surface area contributed by atoms with Crippen LogP contribution in [0.15, 0.2) is 34.6 Å². The second-order valence-electron chi connectivity index (χ2n) is 4.09. The molecule has 0 saturated carbocycles. The molecule has 17 heavy (non-hydrogen) atoms. The maximum absolute atomic E-state index is 4.52. The van der Waals surface area contributed by atoms with Gasteiger partial charge in [-0.1, -0.05) is 18.7 Å². The molecule has 0 saturated heterocycles. The van der Waals surface area contributed by atoms with E-state index in [4.69, 9.17) is 0 Å². The first kappa shape index (κ1) is 11.1. The maximum atomic E-state index is 4.52. The summed E-state index contributed by atoms with van der Waals surface area (Å²) in [7, 11) is 0. The molecule has 3 rings (SSSR count). The maximum Gasteiger partial charge on any atom is 0.161 e. The molecule has 0 spiro atoms. The van der Waals surface area contributed by atoms with Gasteiger partial charge in [0.25, 0.3) is 0 Å². The molecule has 1 atom stereocenters. The standard InChI is InChI=1S/C13H14N2S2/c1-2-11-8-14-13(17-11)15-10-3-4-12-9(7-10)5-6-16-12/h3-7,11H,2,8H2,1H3,(H,14,15). The first-order valence-corrected chi connectivity index (χ1v) is 7.56. The van der Waals surface area contributed by atoms with Crippen molar-refractivity contribution < 1.29 is 0 Å². The predicted molar refractivity (Wildman–Crippen MR) is 79.4 cm³/mol. The minimum absolute atomic E-state index is 0.655. The van der Waals surface area contributed by atoms with Crippen molar-refractivity contribution in [1.29, 1.82) is 0 Å². The molecule has 1 aromatic heterocycles. The average Bonchev–Trinajstić information content (AvgIpc) is 2.96. The van der Waals surface area contributed by atoms with Gasteiger partial charge in [-0.25, -0.2) is 0 Å². The lowest BCUT2D eigenvalue weighted by Crippen LogP contribution is -2.06. The summed E-state index contributed by atoms with van der Waals surface area (Å²) in [4.78, 5) is 4.52. The lowest BCUT2D eigenvalue weighted by atomic mass is 10.2. The summed E-state index contributed by atoms with van der Waals surface area (Å²) in [6.07, 6.45) is 1.18. The van der Waals surface area contributed by atoms with Gasteiger partial charge in [0.05, 0.1) is 6.54 Å². The number of fused-ring (bicyclic) bond motifs is 1. The zero-order chi connectivity index (χ0) is 11.7. The van der Waals surface area contributed by atoms with Crippen LogP contribution in [0.1, 0.15) is 13.3 Å². The van der Waals surface area contributed by atoms with Crippen molar-refractivity contribution in [3.63, 3.8) is 0 Å². The van der Waals surface area contributed by atoms with Crippen LogP contribution in [-0.2, 0) is 0 Å². The Morgan fingerprint density at radius 2 is 2.35 bits per heavy atom. The molecule has 1 aromatic carbocycles. The Morgan fingerprint density at radius 3 is 3.18 bits per heavy atom. The van der Waals surface area contributed by atoms with Crippen molar-refractivity contribution in [3.05, 3.63) is 29.6 Å². The molecular weight excluding hydrogens is 248 g/mol. The smallest absolute Gasteiger partial charge is 0.161 e. The summed E-state index contributed by atoms with van der Waals surface area (Å²) in [5, 5.41) is 8.55. The molecule has 1 N–H and O–H groups in total. The number of thioether (sulfide) groups is 1. The number of benzene rings is 1. The van der Waals surface area contributed by atoms with Crippen LogP contribution >= 0.6 is 23.1 Å². The number of nitrogens with zero attached hydrogens (tertiary/aromatic N) is 1. The number of anilines is 1. The van der Waals surface area contributed by atoms with Gasteiger partial charge in [0, 0.05) is 15.6 Å². The summed E-state index contributed by atoms with van der Waals surface area (Å²) in [6, 6.07) is 8.64. The third-order valence-electron chi connectivity index (χ3n) is 2.88. The molecule has 0 fully saturated rings. The Balaban J connectivity index is 1.76. The van der Waals surface area contributed by atoms with Gasteiger partial charge in [-0.2, -0.15) is 0 Å². The SMILES string of the molecule is CCC1CN=C(Nc2ccc3sccc3c2)S1. The second-order valence-corrected chi connectivity index (χ2v) is 6.33. The van der Waals surface area contributed by atoms with E-state index >= 15 is 0 Å². The molecule has 2 nitrogen and oxygen atoms in total. The van der Waals surface area contributed by atoms with E-state index < -0.39 is 0 Å². The van der Waals surface area contributed by atoms with E-state index in [1.807, 2.05) is 11.8 Å². The molecule has 88 valence electrons. The summed E-state index contributed by atoms with van der Waals surface area (Å²) in [5.41, 5.74) is 1.14. The highest BCUT2D eigenvalue weighted by molar-refractivity contribution is 8.15. The number of nitrogens with one attached hydrogen (secondary N) is 1. The highest BCUT2D eigenvalue weighted by Crippen LogP contribution is 2.27. The summed E-state index contributed by atoms with van der Waals surface area (Å²) in [6.45, 7) is 3.16. The molecule has 1 aliphatic heterocycles. The van der Waals surface area contributed by atoms with E-state index in [9.17, 15) is 0 Å². The quantitative estimate of drug-likeness (QED) is 0.877. The topological polar surface area (TPSA) is 24.4 Å². The minimum atomic E-state index is 0.655. The molecule has 0 amide bonds. The van der Waals surface area contributed by atoms with Gasteiger partial charge in [-0.05, 0) is 41.5 Å². The monoisotopic (exact) mass is 262 g/mol. The fourth-order valence-electron chi connectivity index (χ4n) is 1.87. The van der Waals surface area contributed by atoms with Gasteiger partial charge in [-0.3, -0.25) is 4.99 Å². The summed E-state index contributed by atoms with van der Waals surface area (Å²) in [5.74, 6) is 0. The molecule has 1 aliphatic rings. The first-order valence-electron chi connectivity index (χ1n) is 5.80.